The van der Waals surface area contributed by atoms with E-state index in [9.17, 15) is 9.90 Å². The van der Waals surface area contributed by atoms with Crippen molar-refractivity contribution in [2.24, 2.45) is 5.92 Å². The van der Waals surface area contributed by atoms with E-state index in [2.05, 4.69) is 6.92 Å². The molecule has 3 nitrogen and oxygen atoms in total. The van der Waals surface area contributed by atoms with Crippen molar-refractivity contribution in [2.75, 3.05) is 0 Å². The van der Waals surface area contributed by atoms with E-state index < -0.39 is 6.10 Å². The fraction of sp³-hybridized carbons (Fsp3) is 0.947. The van der Waals surface area contributed by atoms with Gasteiger partial charge >= 0.3 is 5.97 Å². The molecule has 0 bridgehead atoms. The lowest BCUT2D eigenvalue weighted by Gasteiger charge is -2.11. The zero-order valence-corrected chi connectivity index (χ0v) is 14.7. The van der Waals surface area contributed by atoms with Crippen LogP contribution in [0.2, 0.25) is 0 Å². The Morgan fingerprint density at radius 2 is 1.32 bits per heavy atom. The van der Waals surface area contributed by atoms with E-state index in [4.69, 9.17) is 4.74 Å². The SMILES string of the molecule is CCCCCCCCCCCCCC[C@H]1C(=O)O[C@@H](C)[C@@H]1O. The molecule has 1 fully saturated rings. The van der Waals surface area contributed by atoms with Crippen molar-refractivity contribution in [2.45, 2.75) is 110 Å². The zero-order chi connectivity index (χ0) is 16.2. The van der Waals surface area contributed by atoms with Gasteiger partial charge in [-0.3, -0.25) is 4.79 Å². The Balaban J connectivity index is 1.85. The summed E-state index contributed by atoms with van der Waals surface area (Å²) in [4.78, 5) is 11.5. The number of aliphatic hydroxyl groups is 1. The number of cyclic esters (lactones) is 1. The number of ether oxygens (including phenoxy) is 1. The third-order valence-electron chi connectivity index (χ3n) is 4.87. The summed E-state index contributed by atoms with van der Waals surface area (Å²) in [6, 6.07) is 0. The lowest BCUT2D eigenvalue weighted by atomic mass is 9.95. The second-order valence-corrected chi connectivity index (χ2v) is 6.92. The molecular weight excluding hydrogens is 276 g/mol. The Morgan fingerprint density at radius 3 is 1.73 bits per heavy atom. The first-order valence-corrected chi connectivity index (χ1v) is 9.55. The van der Waals surface area contributed by atoms with Crippen LogP contribution in [-0.4, -0.2) is 23.3 Å². The molecule has 1 heterocycles. The molecular formula is C19H36O3. The molecule has 0 aromatic heterocycles. The van der Waals surface area contributed by atoms with Crippen LogP contribution in [0.1, 0.15) is 97.3 Å². The summed E-state index contributed by atoms with van der Waals surface area (Å²) in [5, 5.41) is 9.86. The smallest absolute Gasteiger partial charge is 0.312 e. The van der Waals surface area contributed by atoms with Gasteiger partial charge < -0.3 is 9.84 Å². The number of carbonyl (C=O) groups excluding carboxylic acids is 1. The number of rotatable bonds is 13. The standard InChI is InChI=1S/C19H36O3/c1-3-4-5-6-7-8-9-10-11-12-13-14-15-17-18(20)16(2)22-19(17)21/h16-18,20H,3-15H2,1-2H3/t16-,17+,18-/m0/s1. The van der Waals surface area contributed by atoms with E-state index in [1.54, 1.807) is 6.92 Å². The highest BCUT2D eigenvalue weighted by molar-refractivity contribution is 5.75. The van der Waals surface area contributed by atoms with Gasteiger partial charge in [0.05, 0.1) is 5.92 Å². The number of hydrogen-bond donors (Lipinski definition) is 1. The van der Waals surface area contributed by atoms with Crippen molar-refractivity contribution >= 4 is 5.97 Å². The molecule has 130 valence electrons. The summed E-state index contributed by atoms with van der Waals surface area (Å²) in [5.74, 6) is -0.485. The first kappa shape index (κ1) is 19.5. The van der Waals surface area contributed by atoms with Gasteiger partial charge in [0.2, 0.25) is 0 Å². The van der Waals surface area contributed by atoms with E-state index in [0.29, 0.717) is 0 Å². The maximum absolute atomic E-state index is 11.5. The molecule has 3 heteroatoms. The van der Waals surface area contributed by atoms with Crippen molar-refractivity contribution in [1.29, 1.82) is 0 Å². The Labute approximate surface area is 136 Å². The van der Waals surface area contributed by atoms with Gasteiger partial charge in [0.25, 0.3) is 0 Å². The molecule has 1 aliphatic heterocycles. The maximum Gasteiger partial charge on any atom is 0.312 e. The van der Waals surface area contributed by atoms with Crippen LogP contribution in [-0.2, 0) is 9.53 Å². The molecule has 0 unspecified atom stereocenters. The van der Waals surface area contributed by atoms with Crippen LogP contribution in [0.25, 0.3) is 0 Å². The van der Waals surface area contributed by atoms with Gasteiger partial charge in [-0.15, -0.1) is 0 Å². The molecule has 0 radical (unpaired) electrons. The molecule has 0 aromatic rings. The van der Waals surface area contributed by atoms with Crippen LogP contribution in [0.15, 0.2) is 0 Å². The Morgan fingerprint density at radius 1 is 0.864 bits per heavy atom. The molecule has 0 saturated carbocycles. The average Bonchev–Trinajstić information content (AvgIpc) is 2.74. The fourth-order valence-electron chi connectivity index (χ4n) is 3.30. The van der Waals surface area contributed by atoms with Crippen LogP contribution in [0, 0.1) is 5.92 Å². The molecule has 1 N–H and O–H groups in total. The van der Waals surface area contributed by atoms with E-state index in [1.165, 1.54) is 70.6 Å². The maximum atomic E-state index is 11.5. The number of esters is 1. The predicted octanol–water partition coefficient (Wildman–Crippen LogP) is 5.00. The van der Waals surface area contributed by atoms with Crippen LogP contribution in [0.4, 0.5) is 0 Å². The minimum absolute atomic E-state index is 0.205. The van der Waals surface area contributed by atoms with Crippen molar-refractivity contribution < 1.29 is 14.6 Å². The van der Waals surface area contributed by atoms with Gasteiger partial charge in [0.1, 0.15) is 12.2 Å². The first-order chi connectivity index (χ1) is 10.7. The minimum Gasteiger partial charge on any atom is -0.460 e. The lowest BCUT2D eigenvalue weighted by Crippen LogP contribution is -2.24. The van der Waals surface area contributed by atoms with Crippen molar-refractivity contribution in [3.05, 3.63) is 0 Å². The van der Waals surface area contributed by atoms with Crippen LogP contribution in [0.5, 0.6) is 0 Å². The largest absolute Gasteiger partial charge is 0.460 e. The summed E-state index contributed by atoms with van der Waals surface area (Å²) >= 11 is 0. The van der Waals surface area contributed by atoms with E-state index in [0.717, 1.165) is 12.8 Å². The number of carbonyl (C=O) groups is 1. The van der Waals surface area contributed by atoms with Gasteiger partial charge in [0.15, 0.2) is 0 Å². The highest BCUT2D eigenvalue weighted by Gasteiger charge is 2.40. The third kappa shape index (κ3) is 7.62. The molecule has 1 aliphatic rings. The summed E-state index contributed by atoms with van der Waals surface area (Å²) in [7, 11) is 0. The zero-order valence-electron chi connectivity index (χ0n) is 14.7. The summed E-state index contributed by atoms with van der Waals surface area (Å²) < 4.78 is 5.05. The minimum atomic E-state index is -0.597. The second kappa shape index (κ2) is 11.9. The molecule has 0 amide bonds. The van der Waals surface area contributed by atoms with Gasteiger partial charge in [-0.25, -0.2) is 0 Å². The van der Waals surface area contributed by atoms with Gasteiger partial charge in [-0.05, 0) is 13.3 Å². The highest BCUT2D eigenvalue weighted by atomic mass is 16.6. The molecule has 0 aliphatic carbocycles. The van der Waals surface area contributed by atoms with Crippen LogP contribution in [0.3, 0.4) is 0 Å². The summed E-state index contributed by atoms with van der Waals surface area (Å²) in [6.45, 7) is 4.03. The normalized spacial score (nSPS) is 24.7. The lowest BCUT2D eigenvalue weighted by molar-refractivity contribution is -0.143. The molecule has 0 spiro atoms. The topological polar surface area (TPSA) is 46.5 Å². The van der Waals surface area contributed by atoms with E-state index in [-0.39, 0.29) is 18.0 Å². The molecule has 3 atom stereocenters. The first-order valence-electron chi connectivity index (χ1n) is 9.55. The number of unbranched alkanes of at least 4 members (excludes halogenated alkanes) is 11. The quantitative estimate of drug-likeness (QED) is 0.384. The van der Waals surface area contributed by atoms with E-state index in [1.807, 2.05) is 0 Å². The van der Waals surface area contributed by atoms with Crippen molar-refractivity contribution in [3.8, 4) is 0 Å². The Hall–Kier alpha value is -0.570. The summed E-state index contributed by atoms with van der Waals surface area (Å²) in [5.41, 5.74) is 0. The molecule has 22 heavy (non-hydrogen) atoms. The molecule has 1 saturated heterocycles. The van der Waals surface area contributed by atoms with Crippen molar-refractivity contribution in [3.63, 3.8) is 0 Å². The Bertz CT molecular complexity index is 290. The van der Waals surface area contributed by atoms with Gasteiger partial charge in [-0.1, -0.05) is 84.0 Å². The fourth-order valence-corrected chi connectivity index (χ4v) is 3.30. The second-order valence-electron chi connectivity index (χ2n) is 6.92. The Kier molecular flexibility index (Phi) is 10.6. The van der Waals surface area contributed by atoms with Crippen LogP contribution >= 0.6 is 0 Å². The molecule has 1 rings (SSSR count). The highest BCUT2D eigenvalue weighted by Crippen LogP contribution is 2.26. The molecule has 0 aromatic carbocycles. The van der Waals surface area contributed by atoms with Gasteiger partial charge in [0, 0.05) is 0 Å². The third-order valence-corrected chi connectivity index (χ3v) is 4.87. The number of aliphatic hydroxyl groups excluding tert-OH is 1. The average molecular weight is 312 g/mol. The predicted molar refractivity (Wildman–Crippen MR) is 90.7 cm³/mol. The monoisotopic (exact) mass is 312 g/mol. The van der Waals surface area contributed by atoms with Crippen LogP contribution < -0.4 is 0 Å². The van der Waals surface area contributed by atoms with E-state index >= 15 is 0 Å². The summed E-state index contributed by atoms with van der Waals surface area (Å²) in [6.07, 6.45) is 15.7. The number of hydrogen-bond acceptors (Lipinski definition) is 3. The van der Waals surface area contributed by atoms with Crippen molar-refractivity contribution in [1.82, 2.24) is 0 Å². The van der Waals surface area contributed by atoms with Gasteiger partial charge in [-0.2, -0.15) is 0 Å².